The fraction of sp³-hybridized carbons (Fsp3) is 0.565. The first-order valence-corrected chi connectivity index (χ1v) is 10.1. The number of halogens is 1. The summed E-state index contributed by atoms with van der Waals surface area (Å²) >= 11 is 0. The quantitative estimate of drug-likeness (QED) is 0.670. The van der Waals surface area contributed by atoms with Gasteiger partial charge in [-0.1, -0.05) is 0 Å². The smallest absolute Gasteiger partial charge is 0.311 e. The molecule has 0 bridgehead atoms. The van der Waals surface area contributed by atoms with E-state index < -0.39 is 5.41 Å². The molecule has 4 heteroatoms. The van der Waals surface area contributed by atoms with E-state index in [9.17, 15) is 9.18 Å². The van der Waals surface area contributed by atoms with Gasteiger partial charge in [-0.05, 0) is 100.0 Å². The summed E-state index contributed by atoms with van der Waals surface area (Å²) in [7, 11) is 0. The molecule has 1 aromatic carbocycles. The van der Waals surface area contributed by atoms with E-state index >= 15 is 0 Å². The normalized spacial score (nSPS) is 27.7. The minimum absolute atomic E-state index is 0.0675. The first-order chi connectivity index (χ1) is 12.9. The van der Waals surface area contributed by atoms with Crippen LogP contribution in [0.2, 0.25) is 0 Å². The maximum absolute atomic E-state index is 13.8. The largest absolute Gasteiger partial charge is 0.466 e. The molecule has 2 aliphatic rings. The summed E-state index contributed by atoms with van der Waals surface area (Å²) in [4.78, 5) is 16.8. The number of carbonyl (C=O) groups is 1. The molecule has 2 saturated carbocycles. The molecule has 2 aromatic rings. The number of hydrogen-bond acceptors (Lipinski definition) is 3. The van der Waals surface area contributed by atoms with Crippen molar-refractivity contribution in [2.75, 3.05) is 6.61 Å². The lowest BCUT2D eigenvalue weighted by Crippen LogP contribution is -2.34. The molecule has 3 nitrogen and oxygen atoms in total. The van der Waals surface area contributed by atoms with Crippen LogP contribution in [0.25, 0.3) is 10.9 Å². The Balaban J connectivity index is 1.51. The van der Waals surface area contributed by atoms with Crippen molar-refractivity contribution in [2.24, 2.45) is 23.2 Å². The maximum atomic E-state index is 13.8. The van der Waals surface area contributed by atoms with Crippen LogP contribution in [0.15, 0.2) is 30.5 Å². The van der Waals surface area contributed by atoms with Gasteiger partial charge >= 0.3 is 5.97 Å². The average Bonchev–Trinajstić information content (AvgIpc) is 3.20. The predicted molar refractivity (Wildman–Crippen MR) is 104 cm³/mol. The summed E-state index contributed by atoms with van der Waals surface area (Å²) in [5.41, 5.74) is 1.69. The van der Waals surface area contributed by atoms with Gasteiger partial charge in [-0.15, -0.1) is 0 Å². The maximum Gasteiger partial charge on any atom is 0.311 e. The molecular weight excluding hydrogens is 341 g/mol. The summed E-state index contributed by atoms with van der Waals surface area (Å²) in [6.07, 6.45) is 6.26. The van der Waals surface area contributed by atoms with Gasteiger partial charge in [-0.25, -0.2) is 4.39 Å². The second-order valence-electron chi connectivity index (χ2n) is 8.86. The van der Waals surface area contributed by atoms with E-state index in [2.05, 4.69) is 11.1 Å². The lowest BCUT2D eigenvalue weighted by atomic mass is 9.76. The summed E-state index contributed by atoms with van der Waals surface area (Å²) in [6, 6.07) is 6.93. The molecule has 0 N–H and O–H groups in total. The zero-order valence-corrected chi connectivity index (χ0v) is 16.4. The van der Waals surface area contributed by atoms with E-state index in [-0.39, 0.29) is 11.8 Å². The van der Waals surface area contributed by atoms with Crippen molar-refractivity contribution in [1.82, 2.24) is 4.98 Å². The number of ether oxygens (including phenoxy) is 1. The second-order valence-corrected chi connectivity index (χ2v) is 8.86. The molecule has 3 unspecified atom stereocenters. The van der Waals surface area contributed by atoms with Crippen molar-refractivity contribution in [3.05, 3.63) is 41.8 Å². The number of esters is 1. The van der Waals surface area contributed by atoms with E-state index in [1.807, 2.05) is 27.0 Å². The van der Waals surface area contributed by atoms with E-state index in [4.69, 9.17) is 4.74 Å². The Morgan fingerprint density at radius 3 is 2.56 bits per heavy atom. The van der Waals surface area contributed by atoms with Gasteiger partial charge in [-0.3, -0.25) is 9.78 Å². The zero-order valence-electron chi connectivity index (χ0n) is 16.4. The van der Waals surface area contributed by atoms with Gasteiger partial charge in [0.05, 0.1) is 17.5 Å². The Labute approximate surface area is 160 Å². The number of pyridine rings is 1. The SMILES string of the molecule is CCOC(=O)C(C)(C)C1CC2CC(c3ccnc4ccc(F)cc34)C[C@@H]2C1. The third-order valence-corrected chi connectivity index (χ3v) is 7.02. The Morgan fingerprint density at radius 2 is 1.89 bits per heavy atom. The molecule has 0 amide bonds. The topological polar surface area (TPSA) is 39.2 Å². The molecule has 4 rings (SSSR count). The highest BCUT2D eigenvalue weighted by molar-refractivity contribution is 5.82. The first kappa shape index (κ1) is 18.4. The molecule has 0 saturated heterocycles. The van der Waals surface area contributed by atoms with E-state index in [1.54, 1.807) is 12.1 Å². The monoisotopic (exact) mass is 369 g/mol. The predicted octanol–water partition coefficient (Wildman–Crippen LogP) is 5.48. The molecule has 2 aliphatic carbocycles. The zero-order chi connectivity index (χ0) is 19.2. The molecule has 1 aromatic heterocycles. The average molecular weight is 369 g/mol. The highest BCUT2D eigenvalue weighted by Gasteiger charge is 2.49. The van der Waals surface area contributed by atoms with Crippen LogP contribution < -0.4 is 0 Å². The number of benzene rings is 1. The lowest BCUT2D eigenvalue weighted by molar-refractivity contribution is -0.156. The van der Waals surface area contributed by atoms with Crippen LogP contribution >= 0.6 is 0 Å². The lowest BCUT2D eigenvalue weighted by Gasteiger charge is -2.30. The Morgan fingerprint density at radius 1 is 1.19 bits per heavy atom. The van der Waals surface area contributed by atoms with Crippen LogP contribution in [-0.4, -0.2) is 17.6 Å². The van der Waals surface area contributed by atoms with E-state index in [0.717, 1.165) is 36.6 Å². The van der Waals surface area contributed by atoms with E-state index in [1.165, 1.54) is 11.6 Å². The second kappa shape index (κ2) is 6.88. The highest BCUT2D eigenvalue weighted by atomic mass is 19.1. The van der Waals surface area contributed by atoms with Crippen LogP contribution in [0, 0.1) is 29.0 Å². The van der Waals surface area contributed by atoms with Crippen molar-refractivity contribution in [1.29, 1.82) is 0 Å². The van der Waals surface area contributed by atoms with E-state index in [0.29, 0.717) is 30.3 Å². The molecule has 0 aliphatic heterocycles. The van der Waals surface area contributed by atoms with Gasteiger partial charge in [0.25, 0.3) is 0 Å². The number of hydrogen-bond donors (Lipinski definition) is 0. The molecule has 4 atom stereocenters. The highest BCUT2D eigenvalue weighted by Crippen LogP contribution is 2.56. The van der Waals surface area contributed by atoms with Gasteiger partial charge in [0.1, 0.15) is 5.82 Å². The fourth-order valence-electron chi connectivity index (χ4n) is 5.44. The van der Waals surface area contributed by atoms with Crippen LogP contribution in [0.1, 0.15) is 57.9 Å². The molecule has 0 spiro atoms. The molecule has 2 fully saturated rings. The van der Waals surface area contributed by atoms with Crippen molar-refractivity contribution >= 4 is 16.9 Å². The summed E-state index contributed by atoms with van der Waals surface area (Å²) in [6.45, 7) is 6.38. The third-order valence-electron chi connectivity index (χ3n) is 7.02. The number of carbonyl (C=O) groups excluding carboxylic acids is 1. The minimum atomic E-state index is -0.414. The molecule has 27 heavy (non-hydrogen) atoms. The van der Waals surface area contributed by atoms with Crippen molar-refractivity contribution in [3.63, 3.8) is 0 Å². The fourth-order valence-corrected chi connectivity index (χ4v) is 5.44. The van der Waals surface area contributed by atoms with Crippen molar-refractivity contribution < 1.29 is 13.9 Å². The van der Waals surface area contributed by atoms with Gasteiger partial charge in [0.2, 0.25) is 0 Å². The Kier molecular flexibility index (Phi) is 4.69. The minimum Gasteiger partial charge on any atom is -0.466 e. The number of nitrogens with zero attached hydrogens (tertiary/aromatic N) is 1. The van der Waals surface area contributed by atoms with Gasteiger partial charge in [0.15, 0.2) is 0 Å². The number of rotatable bonds is 4. The molecule has 0 radical (unpaired) electrons. The van der Waals surface area contributed by atoms with Crippen LogP contribution in [0.4, 0.5) is 4.39 Å². The third kappa shape index (κ3) is 3.24. The van der Waals surface area contributed by atoms with Crippen LogP contribution in [0.3, 0.4) is 0 Å². The van der Waals surface area contributed by atoms with Crippen molar-refractivity contribution in [3.8, 4) is 0 Å². The number of fused-ring (bicyclic) bond motifs is 2. The van der Waals surface area contributed by atoms with Gasteiger partial charge < -0.3 is 4.74 Å². The summed E-state index contributed by atoms with van der Waals surface area (Å²) < 4.78 is 19.1. The summed E-state index contributed by atoms with van der Waals surface area (Å²) in [5.74, 6) is 1.86. The van der Waals surface area contributed by atoms with Crippen LogP contribution in [0.5, 0.6) is 0 Å². The van der Waals surface area contributed by atoms with Gasteiger partial charge in [0, 0.05) is 11.6 Å². The molecular formula is C23H28FNO2. The molecule has 144 valence electrons. The Bertz CT molecular complexity index is 849. The van der Waals surface area contributed by atoms with Crippen LogP contribution in [-0.2, 0) is 9.53 Å². The molecule has 1 heterocycles. The van der Waals surface area contributed by atoms with Gasteiger partial charge in [-0.2, -0.15) is 0 Å². The Hall–Kier alpha value is -1.97. The summed E-state index contributed by atoms with van der Waals surface area (Å²) in [5, 5.41) is 0.950. The number of aromatic nitrogens is 1. The standard InChI is InChI=1S/C23H28FNO2/c1-4-27-22(26)23(2,3)17-11-14-9-16(10-15(14)12-17)19-7-8-25-21-6-5-18(24)13-20(19)21/h5-8,13-17H,4,9-12H2,1-3H3/t14-,15?,16?,17?/m1/s1. The van der Waals surface area contributed by atoms with Crippen molar-refractivity contribution in [2.45, 2.75) is 52.4 Å². The first-order valence-electron chi connectivity index (χ1n) is 10.1.